The second-order valence-corrected chi connectivity index (χ2v) is 8.36. The Balaban J connectivity index is 1.35. The van der Waals surface area contributed by atoms with Gasteiger partial charge in [0.05, 0.1) is 29.1 Å². The van der Waals surface area contributed by atoms with Crippen molar-refractivity contribution in [2.45, 2.75) is 19.0 Å². The molecule has 0 saturated carbocycles. The Hall–Kier alpha value is -3.33. The SMILES string of the molecule is COc1ccc(-c2ccc(N3CCC(C(=O)Nc4cc(C(F)(F)F)ccc4Cl)CC3)nn2)cc1. The molecule has 0 spiro atoms. The van der Waals surface area contributed by atoms with Gasteiger partial charge in [-0.15, -0.1) is 10.2 Å². The number of methoxy groups -OCH3 is 1. The van der Waals surface area contributed by atoms with E-state index in [0.29, 0.717) is 31.7 Å². The number of amides is 1. The van der Waals surface area contributed by atoms with Crippen LogP contribution < -0.4 is 15.0 Å². The summed E-state index contributed by atoms with van der Waals surface area (Å²) in [6.45, 7) is 1.15. The van der Waals surface area contributed by atoms with E-state index in [4.69, 9.17) is 16.3 Å². The molecule has 4 rings (SSSR count). The van der Waals surface area contributed by atoms with E-state index < -0.39 is 11.7 Å². The summed E-state index contributed by atoms with van der Waals surface area (Å²) in [5, 5.41) is 11.2. The van der Waals surface area contributed by atoms with Crippen molar-refractivity contribution in [3.8, 4) is 17.0 Å². The number of benzene rings is 2. The fourth-order valence-corrected chi connectivity index (χ4v) is 3.98. The summed E-state index contributed by atoms with van der Waals surface area (Å²) in [5.74, 6) is 0.780. The maximum Gasteiger partial charge on any atom is 0.416 e. The normalized spacial score (nSPS) is 14.7. The van der Waals surface area contributed by atoms with Crippen LogP contribution in [-0.4, -0.2) is 36.3 Å². The molecule has 2 aromatic carbocycles. The van der Waals surface area contributed by atoms with Gasteiger partial charge in [0.25, 0.3) is 0 Å². The average Bonchev–Trinajstić information content (AvgIpc) is 2.85. The molecule has 0 aliphatic carbocycles. The summed E-state index contributed by atoms with van der Waals surface area (Å²) in [7, 11) is 1.61. The number of nitrogens with zero attached hydrogens (tertiary/aromatic N) is 3. The molecule has 1 aliphatic heterocycles. The number of anilines is 2. The molecule has 0 unspecified atom stereocenters. The Labute approximate surface area is 199 Å². The number of alkyl halides is 3. The fraction of sp³-hybridized carbons (Fsp3) is 0.292. The number of piperidine rings is 1. The second-order valence-electron chi connectivity index (χ2n) is 7.95. The van der Waals surface area contributed by atoms with Gasteiger partial charge in [-0.25, -0.2) is 0 Å². The molecule has 1 N–H and O–H groups in total. The number of carbonyl (C=O) groups is 1. The molecule has 1 fully saturated rings. The summed E-state index contributed by atoms with van der Waals surface area (Å²) < 4.78 is 44.1. The number of ether oxygens (including phenoxy) is 1. The average molecular weight is 491 g/mol. The zero-order chi connectivity index (χ0) is 24.3. The minimum atomic E-state index is -4.51. The van der Waals surface area contributed by atoms with Crippen LogP contribution >= 0.6 is 11.6 Å². The summed E-state index contributed by atoms with van der Waals surface area (Å²) in [4.78, 5) is 14.7. The number of rotatable bonds is 5. The van der Waals surface area contributed by atoms with E-state index in [1.54, 1.807) is 7.11 Å². The highest BCUT2D eigenvalue weighted by atomic mass is 35.5. The minimum absolute atomic E-state index is 0.0380. The standard InChI is InChI=1S/C24H22ClF3N4O2/c1-34-18-5-2-15(3-6-18)20-8-9-22(31-30-20)32-12-10-16(11-13-32)23(33)29-21-14-17(24(26,27)28)4-7-19(21)25/h2-9,14,16H,10-13H2,1H3,(H,29,33). The molecule has 0 radical (unpaired) electrons. The predicted molar refractivity (Wildman–Crippen MR) is 124 cm³/mol. The third kappa shape index (κ3) is 5.41. The number of aromatic nitrogens is 2. The first-order chi connectivity index (χ1) is 16.2. The van der Waals surface area contributed by atoms with Gasteiger partial charge in [-0.1, -0.05) is 11.6 Å². The number of carbonyl (C=O) groups excluding carboxylic acids is 1. The first kappa shape index (κ1) is 23.8. The molecule has 178 valence electrons. The zero-order valence-electron chi connectivity index (χ0n) is 18.3. The van der Waals surface area contributed by atoms with Gasteiger partial charge in [0.15, 0.2) is 5.82 Å². The van der Waals surface area contributed by atoms with Crippen LogP contribution in [0.3, 0.4) is 0 Å². The topological polar surface area (TPSA) is 67.3 Å². The van der Waals surface area contributed by atoms with Crippen molar-refractivity contribution < 1.29 is 22.7 Å². The molecule has 34 heavy (non-hydrogen) atoms. The first-order valence-corrected chi connectivity index (χ1v) is 11.0. The Morgan fingerprint density at radius 3 is 2.35 bits per heavy atom. The molecule has 1 saturated heterocycles. The Kier molecular flexibility index (Phi) is 6.92. The van der Waals surface area contributed by atoms with Crippen LogP contribution in [0.15, 0.2) is 54.6 Å². The molecular formula is C24H22ClF3N4O2. The van der Waals surface area contributed by atoms with Crippen molar-refractivity contribution in [3.05, 3.63) is 65.2 Å². The lowest BCUT2D eigenvalue weighted by Gasteiger charge is -2.32. The van der Waals surface area contributed by atoms with E-state index >= 15 is 0 Å². The molecule has 0 bridgehead atoms. The number of halogens is 4. The molecule has 1 amide bonds. The van der Waals surface area contributed by atoms with Gasteiger partial charge in [-0.05, 0) is 67.4 Å². The lowest BCUT2D eigenvalue weighted by Crippen LogP contribution is -2.38. The molecule has 3 aromatic rings. The lowest BCUT2D eigenvalue weighted by molar-refractivity contribution is -0.137. The largest absolute Gasteiger partial charge is 0.497 e. The maximum atomic E-state index is 13.0. The summed E-state index contributed by atoms with van der Waals surface area (Å²) in [6, 6.07) is 14.2. The summed E-state index contributed by atoms with van der Waals surface area (Å²) in [5.41, 5.74) is 0.754. The first-order valence-electron chi connectivity index (χ1n) is 10.7. The third-order valence-electron chi connectivity index (χ3n) is 5.78. The van der Waals surface area contributed by atoms with Crippen molar-refractivity contribution in [2.75, 3.05) is 30.4 Å². The zero-order valence-corrected chi connectivity index (χ0v) is 19.0. The molecule has 0 atom stereocenters. The second kappa shape index (κ2) is 9.89. The van der Waals surface area contributed by atoms with Gasteiger partial charge in [0.2, 0.25) is 5.91 Å². The van der Waals surface area contributed by atoms with Crippen LogP contribution in [0.25, 0.3) is 11.3 Å². The monoisotopic (exact) mass is 490 g/mol. The molecule has 2 heterocycles. The van der Waals surface area contributed by atoms with Crippen molar-refractivity contribution in [1.29, 1.82) is 0 Å². The van der Waals surface area contributed by atoms with E-state index in [2.05, 4.69) is 15.5 Å². The lowest BCUT2D eigenvalue weighted by atomic mass is 9.95. The fourth-order valence-electron chi connectivity index (χ4n) is 3.81. The summed E-state index contributed by atoms with van der Waals surface area (Å²) in [6.07, 6.45) is -3.45. The van der Waals surface area contributed by atoms with Gasteiger partial charge in [0, 0.05) is 24.6 Å². The Morgan fingerprint density at radius 1 is 1.06 bits per heavy atom. The van der Waals surface area contributed by atoms with Crippen LogP contribution in [0.4, 0.5) is 24.7 Å². The van der Waals surface area contributed by atoms with Crippen molar-refractivity contribution >= 4 is 29.0 Å². The van der Waals surface area contributed by atoms with E-state index in [1.165, 1.54) is 0 Å². The van der Waals surface area contributed by atoms with E-state index in [0.717, 1.165) is 35.2 Å². The van der Waals surface area contributed by atoms with Gasteiger partial charge in [-0.3, -0.25) is 4.79 Å². The third-order valence-corrected chi connectivity index (χ3v) is 6.11. The van der Waals surface area contributed by atoms with Gasteiger partial charge >= 0.3 is 6.18 Å². The smallest absolute Gasteiger partial charge is 0.416 e. The predicted octanol–water partition coefficient (Wildman–Crippen LogP) is 5.68. The van der Waals surface area contributed by atoms with E-state index in [9.17, 15) is 18.0 Å². The molecule has 6 nitrogen and oxygen atoms in total. The molecule has 10 heteroatoms. The Bertz CT molecular complexity index is 1150. The van der Waals surface area contributed by atoms with Crippen molar-refractivity contribution in [2.24, 2.45) is 5.92 Å². The van der Waals surface area contributed by atoms with Gasteiger partial charge < -0.3 is 15.0 Å². The number of nitrogens with one attached hydrogen (secondary N) is 1. The van der Waals surface area contributed by atoms with E-state index in [-0.39, 0.29) is 22.5 Å². The highest BCUT2D eigenvalue weighted by Gasteiger charge is 2.32. The van der Waals surface area contributed by atoms with Gasteiger partial charge in [-0.2, -0.15) is 13.2 Å². The number of hydrogen-bond acceptors (Lipinski definition) is 5. The molecule has 1 aromatic heterocycles. The van der Waals surface area contributed by atoms with Crippen molar-refractivity contribution in [3.63, 3.8) is 0 Å². The van der Waals surface area contributed by atoms with Crippen LogP contribution in [0.5, 0.6) is 5.75 Å². The molecular weight excluding hydrogens is 469 g/mol. The van der Waals surface area contributed by atoms with Crippen LogP contribution in [0.2, 0.25) is 5.02 Å². The summed E-state index contributed by atoms with van der Waals surface area (Å²) >= 11 is 5.99. The van der Waals surface area contributed by atoms with Crippen LogP contribution in [0, 0.1) is 5.92 Å². The minimum Gasteiger partial charge on any atom is -0.497 e. The van der Waals surface area contributed by atoms with Gasteiger partial charge in [0.1, 0.15) is 5.75 Å². The quantitative estimate of drug-likeness (QED) is 0.498. The Morgan fingerprint density at radius 2 is 1.76 bits per heavy atom. The van der Waals surface area contributed by atoms with Crippen molar-refractivity contribution in [1.82, 2.24) is 10.2 Å². The number of hydrogen-bond donors (Lipinski definition) is 1. The molecule has 1 aliphatic rings. The highest BCUT2D eigenvalue weighted by Crippen LogP contribution is 2.34. The van der Waals surface area contributed by atoms with E-state index in [1.807, 2.05) is 41.3 Å². The highest BCUT2D eigenvalue weighted by molar-refractivity contribution is 6.33. The van der Waals surface area contributed by atoms with Crippen LogP contribution in [-0.2, 0) is 11.0 Å². The van der Waals surface area contributed by atoms with Crippen LogP contribution in [0.1, 0.15) is 18.4 Å². The maximum absolute atomic E-state index is 13.0.